The van der Waals surface area contributed by atoms with Gasteiger partial charge in [0.1, 0.15) is 16.7 Å². The number of thioether (sulfide) groups is 1. The minimum absolute atomic E-state index is 0.203. The van der Waals surface area contributed by atoms with Crippen LogP contribution in [0.25, 0.3) is 0 Å². The number of carbonyl (C=O) groups is 2. The molecule has 4 rings (SSSR count). The second-order valence-corrected chi connectivity index (χ2v) is 9.69. The monoisotopic (exact) mass is 558 g/mol. The minimum Gasteiger partial charge on any atom is -0.497 e. The third-order valence-corrected chi connectivity index (χ3v) is 7.29. The molecule has 0 saturated carbocycles. The highest BCUT2D eigenvalue weighted by molar-refractivity contribution is 8.00. The van der Waals surface area contributed by atoms with Crippen molar-refractivity contribution in [1.29, 1.82) is 0 Å². The molecule has 40 heavy (non-hydrogen) atoms. The zero-order valence-electron chi connectivity index (χ0n) is 22.6. The van der Waals surface area contributed by atoms with Crippen molar-refractivity contribution < 1.29 is 28.5 Å². The molecule has 206 valence electrons. The average Bonchev–Trinajstić information content (AvgIpc) is 3.00. The summed E-state index contributed by atoms with van der Waals surface area (Å²) in [6, 6.07) is 27.1. The second-order valence-electron chi connectivity index (χ2n) is 8.51. The standard InChI is InChI=1S/C31H30N2O6S/c1-36-23-13-16-25(27(19-23)38-3)33-31(35)29(20-8-6-5-7-9-20)40-24-14-11-22(12-15-24)32-30(34)21-10-17-26(37-2)28(18-21)39-4/h5-19,29H,1-4H3,(H,32,34)(H,33,35). The molecule has 0 fully saturated rings. The summed E-state index contributed by atoms with van der Waals surface area (Å²) < 4.78 is 21.2. The fraction of sp³-hybridized carbons (Fsp3) is 0.161. The number of anilines is 2. The Labute approximate surface area is 237 Å². The number of methoxy groups -OCH3 is 4. The molecule has 0 aliphatic heterocycles. The van der Waals surface area contributed by atoms with Crippen LogP contribution in [0, 0.1) is 0 Å². The number of hydrogen-bond acceptors (Lipinski definition) is 7. The van der Waals surface area contributed by atoms with Gasteiger partial charge in [0.25, 0.3) is 5.91 Å². The van der Waals surface area contributed by atoms with Crippen molar-refractivity contribution in [2.45, 2.75) is 10.1 Å². The maximum absolute atomic E-state index is 13.5. The smallest absolute Gasteiger partial charge is 0.255 e. The fourth-order valence-corrected chi connectivity index (χ4v) is 4.96. The molecule has 2 N–H and O–H groups in total. The van der Waals surface area contributed by atoms with Gasteiger partial charge in [-0.2, -0.15) is 0 Å². The number of nitrogens with one attached hydrogen (secondary N) is 2. The molecular formula is C31H30N2O6S. The molecule has 0 spiro atoms. The molecule has 2 amide bonds. The van der Waals surface area contributed by atoms with Crippen molar-refractivity contribution in [2.24, 2.45) is 0 Å². The Kier molecular flexibility index (Phi) is 9.53. The van der Waals surface area contributed by atoms with Gasteiger partial charge >= 0.3 is 0 Å². The summed E-state index contributed by atoms with van der Waals surface area (Å²) in [6.07, 6.45) is 0. The average molecular weight is 559 g/mol. The van der Waals surface area contributed by atoms with Crippen LogP contribution in [0.15, 0.2) is 95.9 Å². The molecule has 4 aromatic carbocycles. The van der Waals surface area contributed by atoms with Crippen molar-refractivity contribution in [2.75, 3.05) is 39.1 Å². The number of amides is 2. The Hall–Kier alpha value is -4.63. The minimum atomic E-state index is -0.541. The SMILES string of the molecule is COc1ccc(NC(=O)C(Sc2ccc(NC(=O)c3ccc(OC)c(OC)c3)cc2)c2ccccc2)c(OC)c1. The van der Waals surface area contributed by atoms with Gasteiger partial charge in [0.05, 0.1) is 34.1 Å². The van der Waals surface area contributed by atoms with Gasteiger partial charge in [-0.05, 0) is 60.2 Å². The van der Waals surface area contributed by atoms with E-state index in [-0.39, 0.29) is 11.8 Å². The molecule has 1 atom stereocenters. The van der Waals surface area contributed by atoms with E-state index in [4.69, 9.17) is 18.9 Å². The third-order valence-electron chi connectivity index (χ3n) is 6.02. The summed E-state index contributed by atoms with van der Waals surface area (Å²) in [5, 5.41) is 5.34. The third kappa shape index (κ3) is 6.86. The van der Waals surface area contributed by atoms with Gasteiger partial charge < -0.3 is 29.6 Å². The number of carbonyl (C=O) groups excluding carboxylic acids is 2. The largest absolute Gasteiger partial charge is 0.497 e. The summed E-state index contributed by atoms with van der Waals surface area (Å²) >= 11 is 1.40. The van der Waals surface area contributed by atoms with Gasteiger partial charge in [-0.3, -0.25) is 9.59 Å². The predicted molar refractivity (Wildman–Crippen MR) is 157 cm³/mol. The molecule has 9 heteroatoms. The van der Waals surface area contributed by atoms with Crippen LogP contribution in [0.5, 0.6) is 23.0 Å². The van der Waals surface area contributed by atoms with Crippen molar-refractivity contribution in [3.8, 4) is 23.0 Å². The molecule has 4 aromatic rings. The van der Waals surface area contributed by atoms with Gasteiger partial charge in [0.15, 0.2) is 11.5 Å². The van der Waals surface area contributed by atoms with E-state index in [2.05, 4.69) is 10.6 Å². The van der Waals surface area contributed by atoms with E-state index in [9.17, 15) is 9.59 Å². The van der Waals surface area contributed by atoms with E-state index in [0.717, 1.165) is 10.5 Å². The van der Waals surface area contributed by atoms with Gasteiger partial charge in [-0.25, -0.2) is 0 Å². The maximum atomic E-state index is 13.5. The van der Waals surface area contributed by atoms with Crippen molar-refractivity contribution in [3.63, 3.8) is 0 Å². The van der Waals surface area contributed by atoms with Crippen molar-refractivity contribution >= 4 is 35.0 Å². The molecule has 0 aliphatic carbocycles. The number of hydrogen-bond donors (Lipinski definition) is 2. The molecule has 0 bridgehead atoms. The summed E-state index contributed by atoms with van der Waals surface area (Å²) in [5.41, 5.74) is 2.45. The zero-order chi connectivity index (χ0) is 28.5. The molecule has 0 heterocycles. The molecule has 0 aliphatic rings. The van der Waals surface area contributed by atoms with Crippen LogP contribution in [0.1, 0.15) is 21.2 Å². The van der Waals surface area contributed by atoms with E-state index in [1.54, 1.807) is 69.9 Å². The number of benzene rings is 4. The molecule has 1 unspecified atom stereocenters. The molecule has 0 radical (unpaired) electrons. The zero-order valence-corrected chi connectivity index (χ0v) is 23.4. The quantitative estimate of drug-likeness (QED) is 0.204. The van der Waals surface area contributed by atoms with Gasteiger partial charge in [0.2, 0.25) is 5.91 Å². The normalized spacial score (nSPS) is 11.2. The lowest BCUT2D eigenvalue weighted by Crippen LogP contribution is -2.19. The Bertz CT molecular complexity index is 1460. The summed E-state index contributed by atoms with van der Waals surface area (Å²) in [6.45, 7) is 0. The lowest BCUT2D eigenvalue weighted by Gasteiger charge is -2.19. The first-order chi connectivity index (χ1) is 19.4. The van der Waals surface area contributed by atoms with Gasteiger partial charge in [0, 0.05) is 22.2 Å². The van der Waals surface area contributed by atoms with E-state index < -0.39 is 5.25 Å². The first-order valence-electron chi connectivity index (χ1n) is 12.3. The summed E-state index contributed by atoms with van der Waals surface area (Å²) in [7, 11) is 6.17. The number of ether oxygens (including phenoxy) is 4. The highest BCUT2D eigenvalue weighted by Crippen LogP contribution is 2.38. The molecular weight excluding hydrogens is 528 g/mol. The Balaban J connectivity index is 1.50. The van der Waals surface area contributed by atoms with E-state index in [0.29, 0.717) is 39.9 Å². The lowest BCUT2D eigenvalue weighted by atomic mass is 10.1. The van der Waals surface area contributed by atoms with Gasteiger partial charge in [-0.15, -0.1) is 11.8 Å². The van der Waals surface area contributed by atoms with E-state index in [1.165, 1.54) is 18.9 Å². The van der Waals surface area contributed by atoms with Crippen molar-refractivity contribution in [3.05, 3.63) is 102 Å². The highest BCUT2D eigenvalue weighted by Gasteiger charge is 2.23. The van der Waals surface area contributed by atoms with Crippen molar-refractivity contribution in [1.82, 2.24) is 0 Å². The Morgan fingerprint density at radius 2 is 1.38 bits per heavy atom. The second kappa shape index (κ2) is 13.4. The number of rotatable bonds is 11. The van der Waals surface area contributed by atoms with Gasteiger partial charge in [-0.1, -0.05) is 30.3 Å². The van der Waals surface area contributed by atoms with Crippen LogP contribution in [0.2, 0.25) is 0 Å². The highest BCUT2D eigenvalue weighted by atomic mass is 32.2. The summed E-state index contributed by atoms with van der Waals surface area (Å²) in [5.74, 6) is 1.66. The molecule has 0 aromatic heterocycles. The fourth-order valence-electron chi connectivity index (χ4n) is 3.93. The first-order valence-corrected chi connectivity index (χ1v) is 13.2. The Morgan fingerprint density at radius 3 is 2.02 bits per heavy atom. The first kappa shape index (κ1) is 28.4. The topological polar surface area (TPSA) is 95.1 Å². The summed E-state index contributed by atoms with van der Waals surface area (Å²) in [4.78, 5) is 27.2. The van der Waals surface area contributed by atoms with Crippen LogP contribution >= 0.6 is 11.8 Å². The van der Waals surface area contributed by atoms with Crippen LogP contribution in [0.4, 0.5) is 11.4 Å². The van der Waals surface area contributed by atoms with E-state index in [1.807, 2.05) is 42.5 Å². The molecule has 8 nitrogen and oxygen atoms in total. The predicted octanol–water partition coefficient (Wildman–Crippen LogP) is 6.45. The van der Waals surface area contributed by atoms with Crippen LogP contribution < -0.4 is 29.6 Å². The maximum Gasteiger partial charge on any atom is 0.255 e. The van der Waals surface area contributed by atoms with Crippen LogP contribution in [-0.4, -0.2) is 40.3 Å². The Morgan fingerprint density at radius 1 is 0.675 bits per heavy atom. The van der Waals surface area contributed by atoms with E-state index >= 15 is 0 Å². The van der Waals surface area contributed by atoms with Crippen LogP contribution in [-0.2, 0) is 4.79 Å². The lowest BCUT2D eigenvalue weighted by molar-refractivity contribution is -0.115. The van der Waals surface area contributed by atoms with Crippen LogP contribution in [0.3, 0.4) is 0 Å². The molecule has 0 saturated heterocycles.